The molecule has 130 valence electrons. The molecule has 4 nitrogen and oxygen atoms in total. The van der Waals surface area contributed by atoms with E-state index in [2.05, 4.69) is 0 Å². The van der Waals surface area contributed by atoms with Crippen molar-refractivity contribution in [3.8, 4) is 5.75 Å². The highest BCUT2D eigenvalue weighted by atomic mass is 19.4. The van der Waals surface area contributed by atoms with Crippen molar-refractivity contribution in [3.63, 3.8) is 0 Å². The minimum atomic E-state index is -4.15. The van der Waals surface area contributed by atoms with Gasteiger partial charge in [-0.1, -0.05) is 18.2 Å². The van der Waals surface area contributed by atoms with Crippen LogP contribution in [0.2, 0.25) is 0 Å². The third-order valence-electron chi connectivity index (χ3n) is 3.74. The molecule has 1 heterocycles. The Bertz CT molecular complexity index is 456. The van der Waals surface area contributed by atoms with E-state index in [1.807, 2.05) is 35.2 Å². The van der Waals surface area contributed by atoms with Crippen LogP contribution in [-0.2, 0) is 0 Å². The summed E-state index contributed by atoms with van der Waals surface area (Å²) in [6.07, 6.45) is -4.15. The van der Waals surface area contributed by atoms with Crippen molar-refractivity contribution in [3.05, 3.63) is 30.3 Å². The molecule has 1 unspecified atom stereocenters. The van der Waals surface area contributed by atoms with Gasteiger partial charge >= 0.3 is 6.18 Å². The summed E-state index contributed by atoms with van der Waals surface area (Å²) in [6.45, 7) is 1.74. The lowest BCUT2D eigenvalue weighted by molar-refractivity contribution is -0.145. The molecule has 0 saturated carbocycles. The zero-order chi connectivity index (χ0) is 16.7. The minimum Gasteiger partial charge on any atom is -0.491 e. The highest BCUT2D eigenvalue weighted by Crippen LogP contribution is 2.17. The van der Waals surface area contributed by atoms with E-state index in [0.29, 0.717) is 44.9 Å². The van der Waals surface area contributed by atoms with Crippen molar-refractivity contribution < 1.29 is 23.0 Å². The predicted octanol–water partition coefficient (Wildman–Crippen LogP) is 2.00. The van der Waals surface area contributed by atoms with Gasteiger partial charge in [0.1, 0.15) is 18.5 Å². The lowest BCUT2D eigenvalue weighted by Gasteiger charge is -2.24. The van der Waals surface area contributed by atoms with E-state index in [-0.39, 0.29) is 6.61 Å². The van der Waals surface area contributed by atoms with Crippen LogP contribution in [0.1, 0.15) is 6.42 Å². The second kappa shape index (κ2) is 8.52. The Morgan fingerprint density at radius 1 is 1.04 bits per heavy atom. The fraction of sp³-hybridized carbons (Fsp3) is 0.625. The van der Waals surface area contributed by atoms with Gasteiger partial charge < -0.3 is 9.84 Å². The second-order valence-electron chi connectivity index (χ2n) is 5.82. The van der Waals surface area contributed by atoms with Crippen LogP contribution in [0.4, 0.5) is 13.2 Å². The SMILES string of the molecule is OC(COc1ccccc1)CN1CCCN(CC(F)(F)F)CC1. The first-order chi connectivity index (χ1) is 10.9. The zero-order valence-corrected chi connectivity index (χ0v) is 13.0. The maximum Gasteiger partial charge on any atom is 0.401 e. The third-order valence-corrected chi connectivity index (χ3v) is 3.74. The predicted molar refractivity (Wildman–Crippen MR) is 81.5 cm³/mol. The molecule has 7 heteroatoms. The quantitative estimate of drug-likeness (QED) is 0.864. The number of rotatable bonds is 6. The van der Waals surface area contributed by atoms with Crippen LogP contribution in [0.5, 0.6) is 5.75 Å². The first-order valence-electron chi connectivity index (χ1n) is 7.80. The molecule has 0 aromatic heterocycles. The fourth-order valence-electron chi connectivity index (χ4n) is 2.68. The minimum absolute atomic E-state index is 0.173. The third kappa shape index (κ3) is 7.20. The van der Waals surface area contributed by atoms with Crippen LogP contribution >= 0.6 is 0 Å². The lowest BCUT2D eigenvalue weighted by atomic mass is 10.3. The Morgan fingerprint density at radius 3 is 2.39 bits per heavy atom. The van der Waals surface area contributed by atoms with Crippen molar-refractivity contribution in [2.24, 2.45) is 0 Å². The summed E-state index contributed by atoms with van der Waals surface area (Å²) in [4.78, 5) is 3.42. The van der Waals surface area contributed by atoms with Gasteiger partial charge in [-0.2, -0.15) is 13.2 Å². The molecular formula is C16H23F3N2O2. The number of para-hydroxylation sites is 1. The molecule has 1 atom stereocenters. The first-order valence-corrected chi connectivity index (χ1v) is 7.80. The molecule has 1 aromatic carbocycles. The van der Waals surface area contributed by atoms with Crippen molar-refractivity contribution in [2.75, 3.05) is 45.9 Å². The number of hydrogen-bond donors (Lipinski definition) is 1. The van der Waals surface area contributed by atoms with Crippen LogP contribution in [0, 0.1) is 0 Å². The van der Waals surface area contributed by atoms with E-state index >= 15 is 0 Å². The normalized spacial score (nSPS) is 19.3. The number of ether oxygens (including phenoxy) is 1. The van der Waals surface area contributed by atoms with Gasteiger partial charge in [-0.05, 0) is 31.6 Å². The number of nitrogens with zero attached hydrogens (tertiary/aromatic N) is 2. The number of benzene rings is 1. The smallest absolute Gasteiger partial charge is 0.401 e. The molecular weight excluding hydrogens is 309 g/mol. The maximum absolute atomic E-state index is 12.4. The molecule has 1 fully saturated rings. The Hall–Kier alpha value is -1.31. The van der Waals surface area contributed by atoms with E-state index in [4.69, 9.17) is 4.74 Å². The summed E-state index contributed by atoms with van der Waals surface area (Å²) >= 11 is 0. The average molecular weight is 332 g/mol. The molecule has 0 aliphatic carbocycles. The molecule has 23 heavy (non-hydrogen) atoms. The van der Waals surface area contributed by atoms with Crippen LogP contribution in [0.25, 0.3) is 0 Å². The van der Waals surface area contributed by atoms with Crippen LogP contribution in [-0.4, -0.2) is 73.1 Å². The van der Waals surface area contributed by atoms with E-state index in [1.165, 1.54) is 4.90 Å². The van der Waals surface area contributed by atoms with E-state index in [0.717, 1.165) is 0 Å². The molecule has 0 radical (unpaired) electrons. The molecule has 1 aliphatic rings. The molecule has 2 rings (SSSR count). The Morgan fingerprint density at radius 2 is 1.70 bits per heavy atom. The van der Waals surface area contributed by atoms with Crippen molar-refractivity contribution in [1.29, 1.82) is 0 Å². The van der Waals surface area contributed by atoms with Gasteiger partial charge in [-0.25, -0.2) is 0 Å². The van der Waals surface area contributed by atoms with E-state index in [1.54, 1.807) is 0 Å². The van der Waals surface area contributed by atoms with Gasteiger partial charge in [0, 0.05) is 19.6 Å². The van der Waals surface area contributed by atoms with Crippen molar-refractivity contribution in [2.45, 2.75) is 18.7 Å². The standard InChI is InChI=1S/C16H23F3N2O2/c17-16(18,19)13-21-8-4-7-20(9-10-21)11-14(22)12-23-15-5-2-1-3-6-15/h1-3,5-6,14,22H,4,7-13H2. The van der Waals surface area contributed by atoms with Gasteiger partial charge in [-0.3, -0.25) is 9.80 Å². The number of aliphatic hydroxyl groups is 1. The van der Waals surface area contributed by atoms with Gasteiger partial charge in [-0.15, -0.1) is 0 Å². The lowest BCUT2D eigenvalue weighted by Crippen LogP contribution is -2.39. The van der Waals surface area contributed by atoms with Crippen molar-refractivity contribution >= 4 is 0 Å². The number of alkyl halides is 3. The Kier molecular flexibility index (Phi) is 6.68. The summed E-state index contributed by atoms with van der Waals surface area (Å²) in [5, 5.41) is 10.0. The monoisotopic (exact) mass is 332 g/mol. The number of hydrogen-bond acceptors (Lipinski definition) is 4. The second-order valence-corrected chi connectivity index (χ2v) is 5.82. The van der Waals surface area contributed by atoms with Crippen molar-refractivity contribution in [1.82, 2.24) is 9.80 Å². The molecule has 0 spiro atoms. The van der Waals surface area contributed by atoms with E-state index in [9.17, 15) is 18.3 Å². The average Bonchev–Trinajstić information content (AvgIpc) is 2.70. The summed E-state index contributed by atoms with van der Waals surface area (Å²) in [5.74, 6) is 0.693. The summed E-state index contributed by atoms with van der Waals surface area (Å²) in [6, 6.07) is 9.21. The van der Waals surface area contributed by atoms with Gasteiger partial charge in [0.05, 0.1) is 6.54 Å². The molecule has 1 saturated heterocycles. The Labute approximate surface area is 134 Å². The molecule has 0 bridgehead atoms. The largest absolute Gasteiger partial charge is 0.491 e. The highest BCUT2D eigenvalue weighted by molar-refractivity contribution is 5.20. The first kappa shape index (κ1) is 18.0. The van der Waals surface area contributed by atoms with Crippen LogP contribution in [0.3, 0.4) is 0 Å². The zero-order valence-electron chi connectivity index (χ0n) is 13.0. The number of β-amino-alcohol motifs (C(OH)–C–C–N with tert-alkyl or cyclic N) is 1. The van der Waals surface area contributed by atoms with Gasteiger partial charge in [0.25, 0.3) is 0 Å². The summed E-state index contributed by atoms with van der Waals surface area (Å²) in [5.41, 5.74) is 0. The molecule has 1 N–H and O–H groups in total. The topological polar surface area (TPSA) is 35.9 Å². The van der Waals surface area contributed by atoms with Crippen LogP contribution < -0.4 is 4.74 Å². The molecule has 1 aliphatic heterocycles. The molecule has 0 amide bonds. The number of aliphatic hydroxyl groups excluding tert-OH is 1. The maximum atomic E-state index is 12.4. The van der Waals surface area contributed by atoms with Gasteiger partial charge in [0.2, 0.25) is 0 Å². The Balaban J connectivity index is 1.71. The van der Waals surface area contributed by atoms with Gasteiger partial charge in [0.15, 0.2) is 0 Å². The fourth-order valence-corrected chi connectivity index (χ4v) is 2.68. The molecule has 1 aromatic rings. The highest BCUT2D eigenvalue weighted by Gasteiger charge is 2.31. The summed E-state index contributed by atoms with van der Waals surface area (Å²) < 4.78 is 42.8. The summed E-state index contributed by atoms with van der Waals surface area (Å²) in [7, 11) is 0. The number of halogens is 3. The van der Waals surface area contributed by atoms with Crippen LogP contribution in [0.15, 0.2) is 30.3 Å². The van der Waals surface area contributed by atoms with E-state index < -0.39 is 18.8 Å².